The van der Waals surface area contributed by atoms with Crippen molar-refractivity contribution < 1.29 is 9.15 Å². The average Bonchev–Trinajstić information content (AvgIpc) is 2.60. The van der Waals surface area contributed by atoms with Crippen molar-refractivity contribution in [2.24, 2.45) is 0 Å². The van der Waals surface area contributed by atoms with Gasteiger partial charge in [-0.05, 0) is 52.2 Å². The van der Waals surface area contributed by atoms with Gasteiger partial charge >= 0.3 is 0 Å². The van der Waals surface area contributed by atoms with E-state index < -0.39 is 5.60 Å². The molecule has 0 saturated heterocycles. The Labute approximate surface area is 158 Å². The van der Waals surface area contributed by atoms with Crippen LogP contribution in [-0.2, 0) is 0 Å². The molecule has 5 heteroatoms. The van der Waals surface area contributed by atoms with E-state index in [-0.39, 0.29) is 5.43 Å². The number of nitrogens with zero attached hydrogens (tertiary/aromatic N) is 1. The summed E-state index contributed by atoms with van der Waals surface area (Å²) in [6.07, 6.45) is 4.05. The van der Waals surface area contributed by atoms with Crippen molar-refractivity contribution in [3.8, 4) is 5.75 Å². The fourth-order valence-electron chi connectivity index (χ4n) is 3.39. The van der Waals surface area contributed by atoms with E-state index >= 15 is 0 Å². The lowest BCUT2D eigenvalue weighted by atomic mass is 9.98. The fourth-order valence-corrected chi connectivity index (χ4v) is 3.39. The molecule has 0 fully saturated rings. The highest BCUT2D eigenvalue weighted by atomic mass is 16.5. The van der Waals surface area contributed by atoms with Gasteiger partial charge in [-0.25, -0.2) is 0 Å². The molecule has 5 nitrogen and oxygen atoms in total. The monoisotopic (exact) mass is 364 g/mol. The van der Waals surface area contributed by atoms with Crippen molar-refractivity contribution >= 4 is 33.7 Å². The van der Waals surface area contributed by atoms with E-state index in [1.54, 1.807) is 6.07 Å². The number of hydrogen-bond acceptors (Lipinski definition) is 5. The zero-order valence-corrected chi connectivity index (χ0v) is 16.1. The quantitative estimate of drug-likeness (QED) is 0.706. The maximum atomic E-state index is 13.2. The lowest BCUT2D eigenvalue weighted by Crippen LogP contribution is -2.28. The molecule has 0 aliphatic carbocycles. The minimum Gasteiger partial charge on any atom is -0.483 e. The largest absolute Gasteiger partial charge is 0.483 e. The molecule has 0 bridgehead atoms. The van der Waals surface area contributed by atoms with E-state index in [9.17, 15) is 4.79 Å². The number of fused-ring (bicyclic) bond motifs is 3. The van der Waals surface area contributed by atoms with E-state index in [0.717, 1.165) is 23.5 Å². The van der Waals surface area contributed by atoms with Crippen molar-refractivity contribution in [1.29, 1.82) is 0 Å². The van der Waals surface area contributed by atoms with Crippen LogP contribution in [0.2, 0.25) is 0 Å². The van der Waals surface area contributed by atoms with Crippen LogP contribution in [0.1, 0.15) is 19.4 Å². The van der Waals surface area contributed by atoms with E-state index in [1.165, 1.54) is 0 Å². The van der Waals surface area contributed by atoms with Gasteiger partial charge in [-0.2, -0.15) is 0 Å². The molecule has 27 heavy (non-hydrogen) atoms. The number of para-hydroxylation sites is 1. The maximum Gasteiger partial charge on any atom is 0.202 e. The number of likely N-dealkylation sites (N-methyl/N-ethyl adjacent to an activating group) is 1. The van der Waals surface area contributed by atoms with Crippen molar-refractivity contribution in [2.75, 3.05) is 32.5 Å². The summed E-state index contributed by atoms with van der Waals surface area (Å²) in [7, 11) is 4.04. The summed E-state index contributed by atoms with van der Waals surface area (Å²) in [6.45, 7) is 5.57. The van der Waals surface area contributed by atoms with Crippen LogP contribution in [0, 0.1) is 0 Å². The number of hydrogen-bond donors (Lipinski definition) is 1. The summed E-state index contributed by atoms with van der Waals surface area (Å²) in [6, 6.07) is 9.18. The second-order valence-electron chi connectivity index (χ2n) is 7.73. The molecule has 1 aromatic heterocycles. The first kappa shape index (κ1) is 17.6. The lowest BCUT2D eigenvalue weighted by molar-refractivity contribution is 0.159. The van der Waals surface area contributed by atoms with Crippen LogP contribution in [0.4, 0.5) is 5.69 Å². The third kappa shape index (κ3) is 3.19. The Morgan fingerprint density at radius 2 is 1.93 bits per heavy atom. The first-order valence-corrected chi connectivity index (χ1v) is 9.15. The molecule has 2 heterocycles. The number of nitrogens with one attached hydrogen (secondary N) is 1. The molecule has 1 N–H and O–H groups in total. The molecule has 0 radical (unpaired) electrons. The van der Waals surface area contributed by atoms with E-state index in [2.05, 4.69) is 10.2 Å². The highest BCUT2D eigenvalue weighted by Gasteiger charge is 2.26. The molecular weight excluding hydrogens is 340 g/mol. The third-order valence-electron chi connectivity index (χ3n) is 4.76. The van der Waals surface area contributed by atoms with Gasteiger partial charge in [0.15, 0.2) is 0 Å². The molecule has 140 valence electrons. The Hall–Kier alpha value is -2.79. The number of anilines is 1. The minimum absolute atomic E-state index is 0.0276. The first-order valence-electron chi connectivity index (χ1n) is 9.15. The Bertz CT molecular complexity index is 1110. The predicted molar refractivity (Wildman–Crippen MR) is 111 cm³/mol. The van der Waals surface area contributed by atoms with Crippen molar-refractivity contribution in [1.82, 2.24) is 4.90 Å². The van der Waals surface area contributed by atoms with Crippen LogP contribution in [0.5, 0.6) is 5.75 Å². The van der Waals surface area contributed by atoms with Crippen molar-refractivity contribution in [3.05, 3.63) is 52.2 Å². The molecule has 0 amide bonds. The zero-order chi connectivity index (χ0) is 19.2. The van der Waals surface area contributed by atoms with E-state index in [0.29, 0.717) is 28.5 Å². The molecule has 4 rings (SSSR count). The van der Waals surface area contributed by atoms with Crippen LogP contribution in [0.15, 0.2) is 45.6 Å². The molecule has 3 aromatic rings. The first-order chi connectivity index (χ1) is 12.9. The molecule has 0 spiro atoms. The van der Waals surface area contributed by atoms with Gasteiger partial charge in [0, 0.05) is 24.7 Å². The molecule has 1 aliphatic heterocycles. The summed E-state index contributed by atoms with van der Waals surface area (Å²) in [4.78, 5) is 15.3. The lowest BCUT2D eigenvalue weighted by Gasteiger charge is -2.29. The molecule has 0 saturated carbocycles. The number of rotatable bonds is 4. The van der Waals surface area contributed by atoms with Crippen molar-refractivity contribution in [2.45, 2.75) is 19.4 Å². The van der Waals surface area contributed by atoms with Gasteiger partial charge in [-0.15, -0.1) is 0 Å². The summed E-state index contributed by atoms with van der Waals surface area (Å²) in [5.41, 5.74) is 2.35. The Kier molecular flexibility index (Phi) is 4.19. The van der Waals surface area contributed by atoms with Crippen LogP contribution >= 0.6 is 0 Å². The predicted octanol–water partition coefficient (Wildman–Crippen LogP) is 4.10. The normalized spacial score (nSPS) is 15.1. The minimum atomic E-state index is -0.404. The highest BCUT2D eigenvalue weighted by molar-refractivity contribution is 6.02. The molecular formula is C22H24N2O3. The van der Waals surface area contributed by atoms with Crippen LogP contribution < -0.4 is 15.5 Å². The second kappa shape index (κ2) is 6.43. The number of ether oxygens (including phenoxy) is 1. The van der Waals surface area contributed by atoms with E-state index in [1.807, 2.05) is 64.4 Å². The highest BCUT2D eigenvalue weighted by Crippen LogP contribution is 2.40. The maximum absolute atomic E-state index is 13.2. The van der Waals surface area contributed by atoms with Gasteiger partial charge < -0.3 is 19.4 Å². The van der Waals surface area contributed by atoms with Crippen molar-refractivity contribution in [3.63, 3.8) is 0 Å². The molecule has 2 aromatic carbocycles. The van der Waals surface area contributed by atoms with Crippen LogP contribution in [-0.4, -0.2) is 37.7 Å². The smallest absolute Gasteiger partial charge is 0.202 e. The molecule has 0 atom stereocenters. The van der Waals surface area contributed by atoms with Gasteiger partial charge in [0.05, 0.1) is 16.5 Å². The van der Waals surface area contributed by atoms with Crippen LogP contribution in [0.3, 0.4) is 0 Å². The topological polar surface area (TPSA) is 54.7 Å². The summed E-state index contributed by atoms with van der Waals surface area (Å²) in [5.74, 6) is 0.723. The summed E-state index contributed by atoms with van der Waals surface area (Å²) in [5, 5.41) is 4.60. The summed E-state index contributed by atoms with van der Waals surface area (Å²) < 4.78 is 12.2. The number of benzene rings is 2. The second-order valence-corrected chi connectivity index (χ2v) is 7.73. The van der Waals surface area contributed by atoms with Gasteiger partial charge in [0.2, 0.25) is 5.43 Å². The van der Waals surface area contributed by atoms with Crippen LogP contribution in [0.25, 0.3) is 28.0 Å². The zero-order valence-electron chi connectivity index (χ0n) is 16.1. The summed E-state index contributed by atoms with van der Waals surface area (Å²) >= 11 is 0. The Balaban J connectivity index is 1.99. The average molecular weight is 364 g/mol. The van der Waals surface area contributed by atoms with Gasteiger partial charge in [-0.3, -0.25) is 4.79 Å². The standard InChI is InChI=1S/C22H24N2O3/c1-22(2)10-9-14-17(27-22)13-18-19(20(14)23-11-12-24(3)4)21(25)15-7-5-6-8-16(15)26-18/h5-10,13,23H,11-12H2,1-4H3. The fraction of sp³-hybridized carbons (Fsp3) is 0.318. The molecule has 0 unspecified atom stereocenters. The Morgan fingerprint density at radius 1 is 1.15 bits per heavy atom. The van der Waals surface area contributed by atoms with E-state index in [4.69, 9.17) is 9.15 Å². The molecule has 1 aliphatic rings. The Morgan fingerprint density at radius 3 is 2.70 bits per heavy atom. The third-order valence-corrected chi connectivity index (χ3v) is 4.76. The van der Waals surface area contributed by atoms with Gasteiger partial charge in [0.1, 0.15) is 22.5 Å². The van der Waals surface area contributed by atoms with Gasteiger partial charge in [-0.1, -0.05) is 12.1 Å². The SMILES string of the molecule is CN(C)CCNc1c2c(cc3oc4ccccc4c(=O)c13)OC(C)(C)C=C2. The van der Waals surface area contributed by atoms with Gasteiger partial charge in [0.25, 0.3) is 0 Å².